The van der Waals surface area contributed by atoms with Crippen molar-refractivity contribution in [3.63, 3.8) is 0 Å². The molecular formula is C9H13ClO2S. The number of methoxy groups -OCH3 is 1. The highest BCUT2D eigenvalue weighted by molar-refractivity contribution is 7.10. The Morgan fingerprint density at radius 1 is 1.69 bits per heavy atom. The molecule has 0 spiro atoms. The van der Waals surface area contributed by atoms with Crippen LogP contribution in [-0.4, -0.2) is 18.8 Å². The predicted molar refractivity (Wildman–Crippen MR) is 55.4 cm³/mol. The Kier molecular flexibility index (Phi) is 3.74. The predicted octanol–water partition coefficient (Wildman–Crippen LogP) is 2.65. The van der Waals surface area contributed by atoms with Crippen LogP contribution >= 0.6 is 22.9 Å². The monoisotopic (exact) mass is 220 g/mol. The zero-order valence-electron chi connectivity index (χ0n) is 7.71. The van der Waals surface area contributed by atoms with Crippen LogP contribution in [0.2, 0.25) is 5.02 Å². The van der Waals surface area contributed by atoms with E-state index in [1.807, 2.05) is 12.3 Å². The molecule has 0 aliphatic rings. The van der Waals surface area contributed by atoms with Crippen LogP contribution in [0, 0.1) is 0 Å². The summed E-state index contributed by atoms with van der Waals surface area (Å²) in [4.78, 5) is 0.790. The van der Waals surface area contributed by atoms with E-state index >= 15 is 0 Å². The lowest BCUT2D eigenvalue weighted by Gasteiger charge is -2.24. The van der Waals surface area contributed by atoms with E-state index in [2.05, 4.69) is 0 Å². The van der Waals surface area contributed by atoms with Gasteiger partial charge in [0.2, 0.25) is 0 Å². The van der Waals surface area contributed by atoms with Crippen molar-refractivity contribution in [2.75, 3.05) is 13.7 Å². The third-order valence-electron chi connectivity index (χ3n) is 2.01. The van der Waals surface area contributed by atoms with Crippen LogP contribution < -0.4 is 0 Å². The molecule has 0 radical (unpaired) electrons. The molecule has 1 heterocycles. The Hall–Kier alpha value is -0.0900. The minimum atomic E-state index is -0.931. The van der Waals surface area contributed by atoms with Crippen molar-refractivity contribution >= 4 is 22.9 Å². The second kappa shape index (κ2) is 4.42. The van der Waals surface area contributed by atoms with E-state index in [0.29, 0.717) is 11.4 Å². The largest absolute Gasteiger partial charge is 0.382 e. The molecule has 13 heavy (non-hydrogen) atoms. The first-order valence-corrected chi connectivity index (χ1v) is 5.34. The lowest BCUT2D eigenvalue weighted by atomic mass is 10.0. The highest BCUT2D eigenvalue weighted by Gasteiger charge is 2.30. The molecule has 0 fully saturated rings. The van der Waals surface area contributed by atoms with Crippen molar-refractivity contribution in [3.8, 4) is 0 Å². The van der Waals surface area contributed by atoms with Gasteiger partial charge >= 0.3 is 0 Å². The molecule has 0 saturated heterocycles. The van der Waals surface area contributed by atoms with Gasteiger partial charge in [-0.15, -0.1) is 11.3 Å². The van der Waals surface area contributed by atoms with Gasteiger partial charge in [-0.05, 0) is 17.9 Å². The molecule has 2 nitrogen and oxygen atoms in total. The van der Waals surface area contributed by atoms with Gasteiger partial charge in [0.1, 0.15) is 5.60 Å². The van der Waals surface area contributed by atoms with E-state index in [9.17, 15) is 5.11 Å². The average Bonchev–Trinajstić information content (AvgIpc) is 2.52. The summed E-state index contributed by atoms with van der Waals surface area (Å²) in [6.07, 6.45) is 0.598. The zero-order chi connectivity index (χ0) is 9.90. The van der Waals surface area contributed by atoms with E-state index in [4.69, 9.17) is 16.3 Å². The van der Waals surface area contributed by atoms with Crippen LogP contribution in [0.5, 0.6) is 0 Å². The number of aliphatic hydroxyl groups is 1. The highest BCUT2D eigenvalue weighted by atomic mass is 35.5. The average molecular weight is 221 g/mol. The molecule has 74 valence electrons. The maximum absolute atomic E-state index is 10.2. The number of halogens is 1. The van der Waals surface area contributed by atoms with E-state index in [0.717, 1.165) is 4.88 Å². The number of hydrogen-bond acceptors (Lipinski definition) is 3. The van der Waals surface area contributed by atoms with Crippen LogP contribution in [0.4, 0.5) is 0 Å². The molecule has 1 atom stereocenters. The minimum absolute atomic E-state index is 0.281. The van der Waals surface area contributed by atoms with E-state index in [-0.39, 0.29) is 6.61 Å². The second-order valence-electron chi connectivity index (χ2n) is 2.92. The summed E-state index contributed by atoms with van der Waals surface area (Å²) in [6, 6.07) is 1.79. The number of thiophene rings is 1. The van der Waals surface area contributed by atoms with Gasteiger partial charge in [0.15, 0.2) is 0 Å². The molecule has 0 amide bonds. The molecule has 1 aromatic heterocycles. The second-order valence-corrected chi connectivity index (χ2v) is 4.24. The molecule has 1 unspecified atom stereocenters. The lowest BCUT2D eigenvalue weighted by Crippen LogP contribution is -2.29. The number of ether oxygens (including phenoxy) is 1. The summed E-state index contributed by atoms with van der Waals surface area (Å²) < 4.78 is 4.97. The van der Waals surface area contributed by atoms with Gasteiger partial charge in [-0.2, -0.15) is 0 Å². The van der Waals surface area contributed by atoms with Crippen LogP contribution in [0.25, 0.3) is 0 Å². The Balaban J connectivity index is 2.95. The molecule has 0 aliphatic carbocycles. The van der Waals surface area contributed by atoms with E-state index < -0.39 is 5.60 Å². The number of rotatable bonds is 4. The normalized spacial score (nSPS) is 15.7. The van der Waals surface area contributed by atoms with Gasteiger partial charge in [0.25, 0.3) is 0 Å². The Labute approximate surface area is 87.1 Å². The Morgan fingerprint density at radius 3 is 2.77 bits per heavy atom. The highest BCUT2D eigenvalue weighted by Crippen LogP contribution is 2.35. The first-order valence-electron chi connectivity index (χ1n) is 4.09. The molecule has 0 bridgehead atoms. The van der Waals surface area contributed by atoms with E-state index in [1.54, 1.807) is 13.2 Å². The first-order chi connectivity index (χ1) is 6.14. The van der Waals surface area contributed by atoms with Crippen LogP contribution in [0.1, 0.15) is 18.2 Å². The number of hydrogen-bond donors (Lipinski definition) is 1. The summed E-state index contributed by atoms with van der Waals surface area (Å²) in [6.45, 7) is 2.19. The Bertz CT molecular complexity index is 274. The van der Waals surface area contributed by atoms with Gasteiger partial charge in [-0.25, -0.2) is 0 Å². The SMILES string of the molecule is CCC(O)(COC)c1sccc1Cl. The third kappa shape index (κ3) is 2.23. The fourth-order valence-electron chi connectivity index (χ4n) is 1.19. The van der Waals surface area contributed by atoms with Gasteiger partial charge in [-0.1, -0.05) is 18.5 Å². The lowest BCUT2D eigenvalue weighted by molar-refractivity contribution is -0.0358. The summed E-state index contributed by atoms with van der Waals surface area (Å²) in [5.74, 6) is 0. The molecule has 0 saturated carbocycles. The molecule has 1 N–H and O–H groups in total. The third-order valence-corrected chi connectivity index (χ3v) is 3.54. The van der Waals surface area contributed by atoms with Crippen molar-refractivity contribution in [1.29, 1.82) is 0 Å². The Morgan fingerprint density at radius 2 is 2.38 bits per heavy atom. The maximum atomic E-state index is 10.2. The van der Waals surface area contributed by atoms with E-state index in [1.165, 1.54) is 11.3 Å². The smallest absolute Gasteiger partial charge is 0.123 e. The first kappa shape index (κ1) is 11.0. The van der Waals surface area contributed by atoms with Gasteiger partial charge in [0.05, 0.1) is 16.5 Å². The molecule has 0 aliphatic heterocycles. The molecule has 1 aromatic rings. The quantitative estimate of drug-likeness (QED) is 0.846. The molecular weight excluding hydrogens is 208 g/mol. The van der Waals surface area contributed by atoms with Crippen molar-refractivity contribution in [1.82, 2.24) is 0 Å². The fraction of sp³-hybridized carbons (Fsp3) is 0.556. The van der Waals surface area contributed by atoms with Crippen LogP contribution in [0.15, 0.2) is 11.4 Å². The van der Waals surface area contributed by atoms with Crippen molar-refractivity contribution < 1.29 is 9.84 Å². The summed E-state index contributed by atoms with van der Waals surface area (Å²) in [5, 5.41) is 12.6. The standard InChI is InChI=1S/C9H13ClO2S/c1-3-9(11,6-12-2)8-7(10)4-5-13-8/h4-5,11H,3,6H2,1-2H3. The summed E-state index contributed by atoms with van der Waals surface area (Å²) in [5.41, 5.74) is -0.931. The van der Waals surface area contributed by atoms with Gasteiger partial charge in [-0.3, -0.25) is 0 Å². The van der Waals surface area contributed by atoms with Crippen LogP contribution in [0.3, 0.4) is 0 Å². The fourth-order valence-corrected chi connectivity index (χ4v) is 2.58. The van der Waals surface area contributed by atoms with Gasteiger partial charge in [0, 0.05) is 7.11 Å². The summed E-state index contributed by atoms with van der Waals surface area (Å²) >= 11 is 7.39. The minimum Gasteiger partial charge on any atom is -0.382 e. The van der Waals surface area contributed by atoms with Crippen molar-refractivity contribution in [2.24, 2.45) is 0 Å². The van der Waals surface area contributed by atoms with Crippen LogP contribution in [-0.2, 0) is 10.3 Å². The summed E-state index contributed by atoms with van der Waals surface area (Å²) in [7, 11) is 1.57. The molecule has 1 rings (SSSR count). The molecule has 4 heteroatoms. The maximum Gasteiger partial charge on any atom is 0.123 e. The van der Waals surface area contributed by atoms with Crippen molar-refractivity contribution in [2.45, 2.75) is 18.9 Å². The zero-order valence-corrected chi connectivity index (χ0v) is 9.28. The topological polar surface area (TPSA) is 29.5 Å². The van der Waals surface area contributed by atoms with Crippen molar-refractivity contribution in [3.05, 3.63) is 21.3 Å². The van der Waals surface area contributed by atoms with Gasteiger partial charge < -0.3 is 9.84 Å². The molecule has 0 aromatic carbocycles.